The van der Waals surface area contributed by atoms with E-state index in [4.69, 9.17) is 9.84 Å². The second kappa shape index (κ2) is 7.70. The number of amides is 1. The quantitative estimate of drug-likeness (QED) is 0.766. The van der Waals surface area contributed by atoms with Gasteiger partial charge in [-0.05, 0) is 35.7 Å². The topological polar surface area (TPSA) is 75.6 Å². The standard InChI is InChI=1S/C14H13NO4S2/c16-12(9-21-14-2-1-7-20-14)15-10-3-5-11(6-4-10)19-8-13(17)18/h1-7H,8-9H2,(H,15,16)(H,17,18). The van der Waals surface area contributed by atoms with Crippen LogP contribution in [-0.2, 0) is 9.59 Å². The zero-order valence-electron chi connectivity index (χ0n) is 10.9. The summed E-state index contributed by atoms with van der Waals surface area (Å²) in [7, 11) is 0. The summed E-state index contributed by atoms with van der Waals surface area (Å²) in [5.41, 5.74) is 0.648. The van der Waals surface area contributed by atoms with Crippen molar-refractivity contribution < 1.29 is 19.4 Å². The van der Waals surface area contributed by atoms with Crippen LogP contribution in [0.1, 0.15) is 0 Å². The third-order valence-corrected chi connectivity index (χ3v) is 4.47. The van der Waals surface area contributed by atoms with Crippen LogP contribution in [0.5, 0.6) is 5.75 Å². The molecule has 1 amide bonds. The number of anilines is 1. The SMILES string of the molecule is O=C(O)COc1ccc(NC(=O)CSc2cccs2)cc1. The van der Waals surface area contributed by atoms with E-state index in [0.717, 1.165) is 4.21 Å². The third kappa shape index (κ3) is 5.49. The molecular weight excluding hydrogens is 310 g/mol. The summed E-state index contributed by atoms with van der Waals surface area (Å²) in [6.45, 7) is -0.386. The number of rotatable bonds is 7. The number of nitrogens with one attached hydrogen (secondary N) is 1. The highest BCUT2D eigenvalue weighted by molar-refractivity contribution is 8.01. The van der Waals surface area contributed by atoms with E-state index in [1.807, 2.05) is 17.5 Å². The van der Waals surface area contributed by atoms with Gasteiger partial charge in [-0.25, -0.2) is 4.79 Å². The van der Waals surface area contributed by atoms with Gasteiger partial charge in [0.05, 0.1) is 9.96 Å². The van der Waals surface area contributed by atoms with Crippen LogP contribution in [0, 0.1) is 0 Å². The van der Waals surface area contributed by atoms with Crippen molar-refractivity contribution in [3.63, 3.8) is 0 Å². The maximum Gasteiger partial charge on any atom is 0.341 e. The Bertz CT molecular complexity index is 596. The van der Waals surface area contributed by atoms with Crippen molar-refractivity contribution in [1.29, 1.82) is 0 Å². The van der Waals surface area contributed by atoms with Crippen LogP contribution in [0.25, 0.3) is 0 Å². The van der Waals surface area contributed by atoms with Crippen LogP contribution in [0.4, 0.5) is 5.69 Å². The Hall–Kier alpha value is -1.99. The summed E-state index contributed by atoms with van der Waals surface area (Å²) in [6.07, 6.45) is 0. The fourth-order valence-corrected chi connectivity index (χ4v) is 3.04. The molecule has 0 bridgehead atoms. The molecule has 0 saturated carbocycles. The van der Waals surface area contributed by atoms with E-state index in [1.54, 1.807) is 35.6 Å². The molecule has 0 aliphatic rings. The number of hydrogen-bond donors (Lipinski definition) is 2. The summed E-state index contributed by atoms with van der Waals surface area (Å²) in [6, 6.07) is 10.5. The van der Waals surface area contributed by atoms with Crippen molar-refractivity contribution in [2.75, 3.05) is 17.7 Å². The van der Waals surface area contributed by atoms with E-state index in [1.165, 1.54) is 11.8 Å². The Morgan fingerprint density at radius 2 is 2.00 bits per heavy atom. The normalized spacial score (nSPS) is 10.1. The van der Waals surface area contributed by atoms with E-state index in [0.29, 0.717) is 17.2 Å². The summed E-state index contributed by atoms with van der Waals surface area (Å²) >= 11 is 3.08. The molecule has 0 aliphatic carbocycles. The van der Waals surface area contributed by atoms with Gasteiger partial charge in [-0.2, -0.15) is 0 Å². The van der Waals surface area contributed by atoms with Gasteiger partial charge >= 0.3 is 5.97 Å². The van der Waals surface area contributed by atoms with Gasteiger partial charge in [0, 0.05) is 5.69 Å². The second-order valence-corrected chi connectivity index (χ2v) is 6.20. The molecule has 5 nitrogen and oxygen atoms in total. The first-order chi connectivity index (χ1) is 10.1. The second-order valence-electron chi connectivity index (χ2n) is 3.98. The van der Waals surface area contributed by atoms with Crippen molar-refractivity contribution in [1.82, 2.24) is 0 Å². The average Bonchev–Trinajstić information content (AvgIpc) is 2.98. The molecule has 2 aromatic rings. The molecule has 110 valence electrons. The third-order valence-electron chi connectivity index (χ3n) is 2.34. The highest BCUT2D eigenvalue weighted by Gasteiger charge is 2.05. The first-order valence-corrected chi connectivity index (χ1v) is 7.91. The molecule has 21 heavy (non-hydrogen) atoms. The minimum atomic E-state index is -1.03. The largest absolute Gasteiger partial charge is 0.482 e. The molecule has 2 N–H and O–H groups in total. The molecule has 2 rings (SSSR count). The average molecular weight is 323 g/mol. The lowest BCUT2D eigenvalue weighted by Gasteiger charge is -2.06. The van der Waals surface area contributed by atoms with Gasteiger partial charge in [-0.15, -0.1) is 23.1 Å². The number of hydrogen-bond acceptors (Lipinski definition) is 5. The first-order valence-electron chi connectivity index (χ1n) is 6.04. The highest BCUT2D eigenvalue weighted by atomic mass is 32.2. The van der Waals surface area contributed by atoms with Crippen molar-refractivity contribution in [3.05, 3.63) is 41.8 Å². The Morgan fingerprint density at radius 3 is 2.62 bits per heavy atom. The number of aliphatic carboxylic acids is 1. The monoisotopic (exact) mass is 323 g/mol. The maximum absolute atomic E-state index is 11.8. The zero-order chi connectivity index (χ0) is 15.1. The van der Waals surface area contributed by atoms with Gasteiger partial charge in [0.2, 0.25) is 5.91 Å². The predicted octanol–water partition coefficient (Wildman–Crippen LogP) is 2.94. The Balaban J connectivity index is 1.79. The van der Waals surface area contributed by atoms with Crippen molar-refractivity contribution >= 4 is 40.7 Å². The van der Waals surface area contributed by atoms with E-state index < -0.39 is 5.97 Å². The van der Waals surface area contributed by atoms with Crippen LogP contribution in [0.3, 0.4) is 0 Å². The number of carbonyl (C=O) groups excluding carboxylic acids is 1. The molecule has 0 saturated heterocycles. The number of carbonyl (C=O) groups is 2. The number of ether oxygens (including phenoxy) is 1. The van der Waals surface area contributed by atoms with Gasteiger partial charge in [-0.3, -0.25) is 4.79 Å². The fraction of sp³-hybridized carbons (Fsp3) is 0.143. The van der Waals surface area contributed by atoms with E-state index in [9.17, 15) is 9.59 Å². The minimum absolute atomic E-state index is 0.0902. The summed E-state index contributed by atoms with van der Waals surface area (Å²) in [5, 5.41) is 13.2. The summed E-state index contributed by atoms with van der Waals surface area (Å²) in [4.78, 5) is 22.1. The van der Waals surface area contributed by atoms with Gasteiger partial charge in [0.25, 0.3) is 0 Å². The smallest absolute Gasteiger partial charge is 0.341 e. The molecule has 0 fully saturated rings. The van der Waals surface area contributed by atoms with Gasteiger partial charge in [-0.1, -0.05) is 6.07 Å². The van der Waals surface area contributed by atoms with Crippen LogP contribution < -0.4 is 10.1 Å². The molecule has 7 heteroatoms. The molecule has 0 aliphatic heterocycles. The van der Waals surface area contributed by atoms with Crippen LogP contribution >= 0.6 is 23.1 Å². The lowest BCUT2D eigenvalue weighted by molar-refractivity contribution is -0.139. The Labute approximate surface area is 129 Å². The van der Waals surface area contributed by atoms with Gasteiger partial charge in [0.1, 0.15) is 5.75 Å². The Kier molecular flexibility index (Phi) is 5.65. The number of carboxylic acids is 1. The summed E-state index contributed by atoms with van der Waals surface area (Å²) in [5.74, 6) is -0.327. The lowest BCUT2D eigenvalue weighted by atomic mass is 10.3. The van der Waals surface area contributed by atoms with E-state index in [2.05, 4.69) is 5.32 Å². The molecule has 1 aromatic carbocycles. The van der Waals surface area contributed by atoms with Crippen LogP contribution in [0.15, 0.2) is 46.0 Å². The molecular formula is C14H13NO4S2. The van der Waals surface area contributed by atoms with Crippen LogP contribution in [-0.4, -0.2) is 29.3 Å². The molecule has 0 radical (unpaired) electrons. The highest BCUT2D eigenvalue weighted by Crippen LogP contribution is 2.23. The van der Waals surface area contributed by atoms with Crippen molar-refractivity contribution in [2.45, 2.75) is 4.21 Å². The van der Waals surface area contributed by atoms with Crippen molar-refractivity contribution in [3.8, 4) is 5.75 Å². The van der Waals surface area contributed by atoms with E-state index >= 15 is 0 Å². The van der Waals surface area contributed by atoms with Gasteiger partial charge in [0.15, 0.2) is 6.61 Å². The molecule has 1 heterocycles. The molecule has 0 spiro atoms. The summed E-state index contributed by atoms with van der Waals surface area (Å²) < 4.78 is 6.11. The molecule has 1 aromatic heterocycles. The maximum atomic E-state index is 11.8. The number of thioether (sulfide) groups is 1. The van der Waals surface area contributed by atoms with E-state index in [-0.39, 0.29) is 12.5 Å². The first kappa shape index (κ1) is 15.4. The van der Waals surface area contributed by atoms with Crippen LogP contribution in [0.2, 0.25) is 0 Å². The fourth-order valence-electron chi connectivity index (χ4n) is 1.46. The number of carboxylic acid groups (broad SMARTS) is 1. The Morgan fingerprint density at radius 1 is 1.24 bits per heavy atom. The number of benzene rings is 1. The van der Waals surface area contributed by atoms with Crippen molar-refractivity contribution in [2.24, 2.45) is 0 Å². The number of thiophene rings is 1. The minimum Gasteiger partial charge on any atom is -0.482 e. The predicted molar refractivity (Wildman–Crippen MR) is 83.2 cm³/mol. The molecule has 0 atom stereocenters. The lowest BCUT2D eigenvalue weighted by Crippen LogP contribution is -2.14. The zero-order valence-corrected chi connectivity index (χ0v) is 12.6. The molecule has 0 unspecified atom stereocenters. The van der Waals surface area contributed by atoms with Gasteiger partial charge < -0.3 is 15.2 Å².